The van der Waals surface area contributed by atoms with Crippen molar-refractivity contribution in [3.63, 3.8) is 0 Å². The average Bonchev–Trinajstić information content (AvgIpc) is 2.84. The molecule has 0 unspecified atom stereocenters. The molecule has 0 amide bonds. The Balaban J connectivity index is 1.63. The van der Waals surface area contributed by atoms with Crippen molar-refractivity contribution in [3.8, 4) is 0 Å². The average molecular weight is 305 g/mol. The van der Waals surface area contributed by atoms with Gasteiger partial charge in [-0.1, -0.05) is 19.0 Å². The number of hydrogen-bond donors (Lipinski definition) is 2. The van der Waals surface area contributed by atoms with Crippen molar-refractivity contribution < 1.29 is 10.3 Å². The van der Waals surface area contributed by atoms with Crippen LogP contribution in [0, 0.1) is 34.5 Å². The Hall–Kier alpha value is -0.570. The maximum absolute atomic E-state index is 10.1. The molecule has 4 saturated carbocycles. The van der Waals surface area contributed by atoms with E-state index in [1.807, 2.05) is 0 Å². The number of aliphatic hydroxyl groups is 1. The van der Waals surface area contributed by atoms with Crippen molar-refractivity contribution in [1.29, 1.82) is 0 Å². The summed E-state index contributed by atoms with van der Waals surface area (Å²) in [7, 11) is 0. The largest absolute Gasteiger partial charge is 0.411 e. The van der Waals surface area contributed by atoms with E-state index in [4.69, 9.17) is 0 Å². The zero-order valence-electron chi connectivity index (χ0n) is 14.1. The van der Waals surface area contributed by atoms with Crippen LogP contribution in [0.3, 0.4) is 0 Å². The second kappa shape index (κ2) is 4.96. The van der Waals surface area contributed by atoms with E-state index in [1.54, 1.807) is 0 Å². The first-order chi connectivity index (χ1) is 10.5. The van der Waals surface area contributed by atoms with E-state index in [0.29, 0.717) is 5.41 Å². The van der Waals surface area contributed by atoms with E-state index in [2.05, 4.69) is 19.0 Å². The Morgan fingerprint density at radius 2 is 1.82 bits per heavy atom. The van der Waals surface area contributed by atoms with Crippen molar-refractivity contribution in [2.75, 3.05) is 0 Å². The van der Waals surface area contributed by atoms with Gasteiger partial charge in [-0.05, 0) is 86.9 Å². The fraction of sp³-hybridized carbons (Fsp3) is 0.947. The van der Waals surface area contributed by atoms with Gasteiger partial charge in [0.25, 0.3) is 0 Å². The summed E-state index contributed by atoms with van der Waals surface area (Å²) < 4.78 is 0. The van der Waals surface area contributed by atoms with Gasteiger partial charge in [-0.3, -0.25) is 0 Å². The van der Waals surface area contributed by atoms with Crippen LogP contribution in [0.1, 0.15) is 71.6 Å². The predicted molar refractivity (Wildman–Crippen MR) is 87.0 cm³/mol. The van der Waals surface area contributed by atoms with Gasteiger partial charge in [0, 0.05) is 5.41 Å². The molecule has 4 aliphatic rings. The number of aliphatic hydroxyl groups excluding tert-OH is 1. The molecule has 2 N–H and O–H groups in total. The summed E-state index contributed by atoms with van der Waals surface area (Å²) in [5, 5.41) is 23.1. The molecule has 0 saturated heterocycles. The fourth-order valence-electron chi connectivity index (χ4n) is 7.19. The molecule has 0 bridgehead atoms. The SMILES string of the molecule is C[C@]12CC[C@@H](O)C[C@@H]1CC[C@@H]1[C@H]3CC/C(=N\O)[C@@]3(C)CC[C@@H]12. The molecule has 3 nitrogen and oxygen atoms in total. The van der Waals surface area contributed by atoms with Crippen molar-refractivity contribution in [2.45, 2.75) is 77.7 Å². The third kappa shape index (κ3) is 1.87. The second-order valence-corrected chi connectivity index (χ2v) is 9.13. The lowest BCUT2D eigenvalue weighted by Gasteiger charge is -2.60. The Labute approximate surface area is 134 Å². The smallest absolute Gasteiger partial charge is 0.0632 e. The van der Waals surface area contributed by atoms with Crippen molar-refractivity contribution in [1.82, 2.24) is 0 Å². The molecule has 124 valence electrons. The highest BCUT2D eigenvalue weighted by Crippen LogP contribution is 2.65. The third-order valence-electron chi connectivity index (χ3n) is 8.50. The molecule has 4 aliphatic carbocycles. The van der Waals surface area contributed by atoms with Gasteiger partial charge < -0.3 is 10.3 Å². The van der Waals surface area contributed by atoms with Crippen LogP contribution in [-0.4, -0.2) is 22.1 Å². The minimum Gasteiger partial charge on any atom is -0.411 e. The minimum absolute atomic E-state index is 0.0527. The standard InChI is InChI=1S/C19H31NO2/c1-18-9-7-13(21)11-12(18)3-4-14-15-5-6-17(20-22)19(15,2)10-8-16(14)18/h12-16,21-22H,3-11H2,1-2H3/b20-17+/t12-,13+,14+,15+,16-,18-,19-/m0/s1. The van der Waals surface area contributed by atoms with Crippen LogP contribution in [0.2, 0.25) is 0 Å². The normalized spacial score (nSPS) is 56.3. The predicted octanol–water partition coefficient (Wildman–Crippen LogP) is 4.22. The van der Waals surface area contributed by atoms with Gasteiger partial charge >= 0.3 is 0 Å². The number of oxime groups is 1. The summed E-state index contributed by atoms with van der Waals surface area (Å²) in [6.45, 7) is 4.88. The molecular weight excluding hydrogens is 274 g/mol. The van der Waals surface area contributed by atoms with E-state index < -0.39 is 0 Å². The number of nitrogens with zero attached hydrogens (tertiary/aromatic N) is 1. The van der Waals surface area contributed by atoms with Gasteiger partial charge in [-0.25, -0.2) is 0 Å². The molecule has 0 spiro atoms. The van der Waals surface area contributed by atoms with Crippen LogP contribution in [0.15, 0.2) is 5.16 Å². The van der Waals surface area contributed by atoms with Crippen LogP contribution in [0.5, 0.6) is 0 Å². The van der Waals surface area contributed by atoms with Crippen LogP contribution in [0.25, 0.3) is 0 Å². The summed E-state index contributed by atoms with van der Waals surface area (Å²) >= 11 is 0. The Morgan fingerprint density at radius 3 is 2.59 bits per heavy atom. The number of rotatable bonds is 0. The Morgan fingerprint density at radius 1 is 1.00 bits per heavy atom. The van der Waals surface area contributed by atoms with Crippen LogP contribution < -0.4 is 0 Å². The van der Waals surface area contributed by atoms with E-state index in [9.17, 15) is 10.3 Å². The lowest BCUT2D eigenvalue weighted by molar-refractivity contribution is -0.114. The molecule has 0 radical (unpaired) electrons. The van der Waals surface area contributed by atoms with Gasteiger partial charge in [-0.15, -0.1) is 0 Å². The Kier molecular flexibility index (Phi) is 3.38. The first kappa shape index (κ1) is 15.0. The first-order valence-electron chi connectivity index (χ1n) is 9.38. The van der Waals surface area contributed by atoms with Gasteiger partial charge in [0.05, 0.1) is 11.8 Å². The maximum atomic E-state index is 10.1. The second-order valence-electron chi connectivity index (χ2n) is 9.13. The highest BCUT2D eigenvalue weighted by atomic mass is 16.4. The summed E-state index contributed by atoms with van der Waals surface area (Å²) in [5.74, 6) is 3.10. The zero-order chi connectivity index (χ0) is 15.5. The van der Waals surface area contributed by atoms with E-state index in [-0.39, 0.29) is 11.5 Å². The number of hydrogen-bond acceptors (Lipinski definition) is 3. The zero-order valence-corrected chi connectivity index (χ0v) is 14.1. The number of fused-ring (bicyclic) bond motifs is 5. The quantitative estimate of drug-likeness (QED) is 0.520. The van der Waals surface area contributed by atoms with E-state index >= 15 is 0 Å². The lowest BCUT2D eigenvalue weighted by Crippen LogP contribution is -2.54. The molecular formula is C19H31NO2. The van der Waals surface area contributed by atoms with Crippen LogP contribution in [-0.2, 0) is 0 Å². The van der Waals surface area contributed by atoms with Crippen LogP contribution in [0.4, 0.5) is 0 Å². The summed E-state index contributed by atoms with van der Waals surface area (Å²) in [6, 6.07) is 0. The molecule has 0 aromatic rings. The molecule has 0 heterocycles. The van der Waals surface area contributed by atoms with Gasteiger partial charge in [0.1, 0.15) is 0 Å². The topological polar surface area (TPSA) is 52.8 Å². The van der Waals surface area contributed by atoms with E-state index in [1.165, 1.54) is 38.5 Å². The van der Waals surface area contributed by atoms with Crippen molar-refractivity contribution in [3.05, 3.63) is 0 Å². The van der Waals surface area contributed by atoms with Crippen molar-refractivity contribution >= 4 is 5.71 Å². The van der Waals surface area contributed by atoms with Gasteiger partial charge in [0.15, 0.2) is 0 Å². The molecule has 4 rings (SSSR count). The first-order valence-corrected chi connectivity index (χ1v) is 9.38. The maximum Gasteiger partial charge on any atom is 0.0632 e. The molecule has 4 fully saturated rings. The lowest BCUT2D eigenvalue weighted by atomic mass is 9.45. The molecule has 7 atom stereocenters. The Bertz CT molecular complexity index is 490. The third-order valence-corrected chi connectivity index (χ3v) is 8.50. The van der Waals surface area contributed by atoms with Gasteiger partial charge in [-0.2, -0.15) is 0 Å². The van der Waals surface area contributed by atoms with Gasteiger partial charge in [0.2, 0.25) is 0 Å². The summed E-state index contributed by atoms with van der Waals surface area (Å²) in [4.78, 5) is 0. The molecule has 0 aromatic heterocycles. The van der Waals surface area contributed by atoms with Crippen LogP contribution >= 0.6 is 0 Å². The van der Waals surface area contributed by atoms with Crippen molar-refractivity contribution in [2.24, 2.45) is 39.7 Å². The monoisotopic (exact) mass is 305 g/mol. The molecule has 22 heavy (non-hydrogen) atoms. The molecule has 0 aromatic carbocycles. The highest BCUT2D eigenvalue weighted by Gasteiger charge is 2.59. The molecule has 0 aliphatic heterocycles. The minimum atomic E-state index is -0.0527. The molecule has 3 heteroatoms. The fourth-order valence-corrected chi connectivity index (χ4v) is 7.19. The summed E-state index contributed by atoms with van der Waals surface area (Å²) in [5.41, 5.74) is 1.68. The van der Waals surface area contributed by atoms with E-state index in [0.717, 1.165) is 48.6 Å². The highest BCUT2D eigenvalue weighted by molar-refractivity contribution is 5.91. The summed E-state index contributed by atoms with van der Waals surface area (Å²) in [6.07, 6.45) is 10.5.